The molecule has 3 aromatic rings. The van der Waals surface area contributed by atoms with Crippen molar-refractivity contribution in [1.82, 2.24) is 14.8 Å². The van der Waals surface area contributed by atoms with E-state index in [0.29, 0.717) is 42.0 Å². The molecule has 0 saturated heterocycles. The molecule has 0 spiro atoms. The molecule has 0 unspecified atom stereocenters. The first kappa shape index (κ1) is 21.4. The van der Waals surface area contributed by atoms with Gasteiger partial charge >= 0.3 is 0 Å². The number of aromatic nitrogens is 1. The van der Waals surface area contributed by atoms with E-state index in [9.17, 15) is 15.2 Å². The Balaban J connectivity index is 1.73. The lowest BCUT2D eigenvalue weighted by Gasteiger charge is -2.31. The van der Waals surface area contributed by atoms with Gasteiger partial charge in [0.2, 0.25) is 5.96 Å². The van der Waals surface area contributed by atoms with Crippen LogP contribution in [0.15, 0.2) is 59.6 Å². The third-order valence-corrected chi connectivity index (χ3v) is 5.73. The number of nitrogens with two attached hydrogens (primary N) is 1. The number of aliphatic hydroxyl groups is 1. The lowest BCUT2D eigenvalue weighted by atomic mass is 10.1. The fourth-order valence-electron chi connectivity index (χ4n) is 3.86. The van der Waals surface area contributed by atoms with Crippen LogP contribution in [0.4, 0.5) is 5.69 Å². The SMILES string of the molecule is N#CNC(=Nc1ccc(CO)cc1)N1CCn2c(c(C(N)=O)c(Cl)c2-c2ccccc2)C1. The molecule has 162 valence electrons. The molecule has 0 fully saturated rings. The van der Waals surface area contributed by atoms with Crippen molar-refractivity contribution >= 4 is 29.2 Å². The topological polar surface area (TPSA) is 120 Å². The van der Waals surface area contributed by atoms with E-state index in [1.165, 1.54) is 0 Å². The van der Waals surface area contributed by atoms with Gasteiger partial charge in [0, 0.05) is 13.1 Å². The number of nitriles is 1. The fraction of sp³-hybridized carbons (Fsp3) is 0.174. The maximum absolute atomic E-state index is 12.3. The summed E-state index contributed by atoms with van der Waals surface area (Å²) in [7, 11) is 0. The zero-order chi connectivity index (χ0) is 22.7. The molecule has 1 amide bonds. The standard InChI is InChI=1S/C23H21ClN6O2/c24-20-19(22(26)32)18-12-29(10-11-30(18)21(20)16-4-2-1-3-5-16)23(27-14-25)28-17-8-6-15(13-31)7-9-17/h1-9,31H,10-13H2,(H2,26,32)(H,27,28). The van der Waals surface area contributed by atoms with E-state index >= 15 is 0 Å². The molecule has 4 rings (SSSR count). The van der Waals surface area contributed by atoms with E-state index < -0.39 is 5.91 Å². The van der Waals surface area contributed by atoms with Crippen LogP contribution in [-0.2, 0) is 19.7 Å². The summed E-state index contributed by atoms with van der Waals surface area (Å²) in [5.41, 5.74) is 9.68. The van der Waals surface area contributed by atoms with Crippen molar-refractivity contribution < 1.29 is 9.90 Å². The van der Waals surface area contributed by atoms with Crippen LogP contribution in [0, 0.1) is 11.5 Å². The Kier molecular flexibility index (Phi) is 6.12. The number of carbonyl (C=O) groups excluding carboxylic acids is 1. The minimum Gasteiger partial charge on any atom is -0.392 e. The maximum Gasteiger partial charge on any atom is 0.252 e. The molecule has 0 aliphatic carbocycles. The highest BCUT2D eigenvalue weighted by Gasteiger charge is 2.31. The normalized spacial score (nSPS) is 13.4. The number of primary amides is 1. The second-order valence-electron chi connectivity index (χ2n) is 7.28. The van der Waals surface area contributed by atoms with Gasteiger partial charge in [-0.15, -0.1) is 0 Å². The van der Waals surface area contributed by atoms with Crippen molar-refractivity contribution in [2.75, 3.05) is 6.54 Å². The predicted molar refractivity (Wildman–Crippen MR) is 122 cm³/mol. The number of benzene rings is 2. The van der Waals surface area contributed by atoms with Crippen LogP contribution in [-0.4, -0.2) is 33.0 Å². The summed E-state index contributed by atoms with van der Waals surface area (Å²) in [4.78, 5) is 18.7. The van der Waals surface area contributed by atoms with Crippen LogP contribution in [0.25, 0.3) is 11.3 Å². The van der Waals surface area contributed by atoms with Crippen molar-refractivity contribution in [3.8, 4) is 17.5 Å². The smallest absolute Gasteiger partial charge is 0.252 e. The molecular formula is C23H21ClN6O2. The number of nitrogens with one attached hydrogen (secondary N) is 1. The number of aliphatic imine (C=N–C) groups is 1. The second kappa shape index (κ2) is 9.14. The van der Waals surface area contributed by atoms with Gasteiger partial charge in [-0.05, 0) is 23.3 Å². The van der Waals surface area contributed by atoms with Crippen LogP contribution >= 0.6 is 11.6 Å². The van der Waals surface area contributed by atoms with Gasteiger partial charge in [-0.2, -0.15) is 5.26 Å². The Hall–Kier alpha value is -3.80. The lowest BCUT2D eigenvalue weighted by molar-refractivity contribution is 0.0998. The van der Waals surface area contributed by atoms with Crippen molar-refractivity contribution in [3.05, 3.63) is 76.4 Å². The first-order valence-corrected chi connectivity index (χ1v) is 10.4. The Bertz CT molecular complexity index is 1210. The van der Waals surface area contributed by atoms with Gasteiger partial charge < -0.3 is 20.3 Å². The lowest BCUT2D eigenvalue weighted by Crippen LogP contribution is -2.44. The molecule has 1 aromatic heterocycles. The summed E-state index contributed by atoms with van der Waals surface area (Å²) in [5.74, 6) is -0.251. The van der Waals surface area contributed by atoms with E-state index in [2.05, 4.69) is 10.3 Å². The van der Waals surface area contributed by atoms with Crippen LogP contribution < -0.4 is 11.1 Å². The Labute approximate surface area is 190 Å². The van der Waals surface area contributed by atoms with E-state index in [1.807, 2.05) is 46.0 Å². The Morgan fingerprint density at radius 2 is 1.91 bits per heavy atom. The molecule has 0 bridgehead atoms. The summed E-state index contributed by atoms with van der Waals surface area (Å²) >= 11 is 6.64. The molecule has 0 atom stereocenters. The molecule has 1 aliphatic heterocycles. The monoisotopic (exact) mass is 448 g/mol. The number of amides is 1. The number of rotatable bonds is 4. The minimum atomic E-state index is -0.603. The molecule has 4 N–H and O–H groups in total. The van der Waals surface area contributed by atoms with Crippen LogP contribution in [0.2, 0.25) is 5.02 Å². The van der Waals surface area contributed by atoms with Gasteiger partial charge in [-0.1, -0.05) is 54.1 Å². The quantitative estimate of drug-likeness (QED) is 0.245. The molecule has 2 aromatic carbocycles. The molecular weight excluding hydrogens is 428 g/mol. The molecule has 1 aliphatic rings. The molecule has 9 heteroatoms. The van der Waals surface area contributed by atoms with Crippen molar-refractivity contribution in [2.24, 2.45) is 10.7 Å². The van der Waals surface area contributed by atoms with Crippen molar-refractivity contribution in [3.63, 3.8) is 0 Å². The van der Waals surface area contributed by atoms with Crippen molar-refractivity contribution in [1.29, 1.82) is 5.26 Å². The van der Waals surface area contributed by atoms with E-state index in [-0.39, 0.29) is 12.2 Å². The Morgan fingerprint density at radius 1 is 1.19 bits per heavy atom. The first-order chi connectivity index (χ1) is 15.5. The average molecular weight is 449 g/mol. The highest BCUT2D eigenvalue weighted by molar-refractivity contribution is 6.36. The molecule has 32 heavy (non-hydrogen) atoms. The number of halogens is 1. The predicted octanol–water partition coefficient (Wildman–Crippen LogP) is 2.97. The van der Waals surface area contributed by atoms with Gasteiger partial charge in [0.25, 0.3) is 5.91 Å². The largest absolute Gasteiger partial charge is 0.392 e. The number of hydrogen-bond acceptors (Lipinski definition) is 4. The average Bonchev–Trinajstić information content (AvgIpc) is 3.11. The molecule has 8 nitrogen and oxygen atoms in total. The maximum atomic E-state index is 12.3. The summed E-state index contributed by atoms with van der Waals surface area (Å²) in [6.07, 6.45) is 1.92. The van der Waals surface area contributed by atoms with E-state index in [1.54, 1.807) is 24.3 Å². The third kappa shape index (κ3) is 4.04. The van der Waals surface area contributed by atoms with Crippen LogP contribution in [0.3, 0.4) is 0 Å². The number of aliphatic hydroxyl groups excluding tert-OH is 1. The minimum absolute atomic E-state index is 0.0587. The molecule has 0 saturated carbocycles. The first-order valence-electron chi connectivity index (χ1n) is 9.98. The number of fused-ring (bicyclic) bond motifs is 1. The number of nitrogens with zero attached hydrogens (tertiary/aromatic N) is 4. The number of guanidine groups is 1. The summed E-state index contributed by atoms with van der Waals surface area (Å²) < 4.78 is 2.01. The molecule has 2 heterocycles. The summed E-state index contributed by atoms with van der Waals surface area (Å²) in [5, 5.41) is 21.4. The van der Waals surface area contributed by atoms with Gasteiger partial charge in [0.15, 0.2) is 6.19 Å². The van der Waals surface area contributed by atoms with Crippen LogP contribution in [0.1, 0.15) is 21.6 Å². The Morgan fingerprint density at radius 3 is 2.53 bits per heavy atom. The molecule has 0 radical (unpaired) electrons. The number of carbonyl (C=O) groups is 1. The van der Waals surface area contributed by atoms with E-state index in [4.69, 9.17) is 17.3 Å². The zero-order valence-corrected chi connectivity index (χ0v) is 17.9. The van der Waals surface area contributed by atoms with Gasteiger partial charge in [0.05, 0.1) is 40.8 Å². The number of hydrogen-bond donors (Lipinski definition) is 3. The highest BCUT2D eigenvalue weighted by Crippen LogP contribution is 2.37. The second-order valence-corrected chi connectivity index (χ2v) is 7.66. The summed E-state index contributed by atoms with van der Waals surface area (Å²) in [6.45, 7) is 1.31. The summed E-state index contributed by atoms with van der Waals surface area (Å²) in [6, 6.07) is 16.7. The van der Waals surface area contributed by atoms with Gasteiger partial charge in [0.1, 0.15) is 0 Å². The van der Waals surface area contributed by atoms with Crippen LogP contribution in [0.5, 0.6) is 0 Å². The third-order valence-electron chi connectivity index (χ3n) is 5.36. The highest BCUT2D eigenvalue weighted by atomic mass is 35.5. The van der Waals surface area contributed by atoms with E-state index in [0.717, 1.165) is 16.8 Å². The van der Waals surface area contributed by atoms with Gasteiger partial charge in [-0.3, -0.25) is 10.1 Å². The van der Waals surface area contributed by atoms with Gasteiger partial charge in [-0.25, -0.2) is 4.99 Å². The zero-order valence-electron chi connectivity index (χ0n) is 17.1. The fourth-order valence-corrected chi connectivity index (χ4v) is 4.27. The van der Waals surface area contributed by atoms with Crippen molar-refractivity contribution in [2.45, 2.75) is 19.7 Å².